The predicted octanol–water partition coefficient (Wildman–Crippen LogP) is 17.2. The summed E-state index contributed by atoms with van der Waals surface area (Å²) in [5.41, 5.74) is 23.4. The Hall–Kier alpha value is -6.30. The summed E-state index contributed by atoms with van der Waals surface area (Å²) in [4.78, 5) is 5.32. The van der Waals surface area contributed by atoms with Gasteiger partial charge in [0.2, 0.25) is 0 Å². The fraction of sp³-hybridized carbons (Fsp3) is 0.292. The van der Waals surface area contributed by atoms with E-state index in [-0.39, 0.29) is 17.5 Å². The highest BCUT2D eigenvalue weighted by atomic mass is 32.1. The SMILES string of the molecule is Cc1cc2c3c(c1)N(c1ccc(-c4ccccc4)cc1C)c1c(c4ccccc4n1-c1c(C(C)C)cc(C(C)C)cc1C(C)C)B3c1sc3ccc(C(C)(C)C)cc3c1N2c1ccc(C(C)(C)C)cc1. The van der Waals surface area contributed by atoms with Gasteiger partial charge in [0.25, 0.3) is 6.71 Å². The molecular formula is C65H68BN3S. The Morgan fingerprint density at radius 2 is 1.11 bits per heavy atom. The third-order valence-electron chi connectivity index (χ3n) is 15.3. The Kier molecular flexibility index (Phi) is 11.0. The van der Waals surface area contributed by atoms with Crippen molar-refractivity contribution in [3.8, 4) is 16.8 Å². The van der Waals surface area contributed by atoms with E-state index in [1.54, 1.807) is 0 Å². The molecule has 2 aromatic heterocycles. The summed E-state index contributed by atoms with van der Waals surface area (Å²) < 4.78 is 5.45. The van der Waals surface area contributed by atoms with Gasteiger partial charge in [0.1, 0.15) is 5.82 Å². The number of fused-ring (bicyclic) bond motifs is 8. The van der Waals surface area contributed by atoms with Crippen LogP contribution in [0.3, 0.4) is 0 Å². The van der Waals surface area contributed by atoms with Crippen LogP contribution in [-0.2, 0) is 10.8 Å². The van der Waals surface area contributed by atoms with E-state index >= 15 is 0 Å². The van der Waals surface area contributed by atoms with Crippen molar-refractivity contribution in [3.63, 3.8) is 0 Å². The lowest BCUT2D eigenvalue weighted by atomic mass is 9.36. The van der Waals surface area contributed by atoms with Gasteiger partial charge in [0.05, 0.1) is 22.6 Å². The zero-order valence-electron chi connectivity index (χ0n) is 43.8. The van der Waals surface area contributed by atoms with Crippen LogP contribution in [0.25, 0.3) is 37.8 Å². The van der Waals surface area contributed by atoms with Gasteiger partial charge in [0.15, 0.2) is 0 Å². The third-order valence-corrected chi connectivity index (χ3v) is 16.6. The first-order valence-corrected chi connectivity index (χ1v) is 26.5. The average Bonchev–Trinajstić information content (AvgIpc) is 3.87. The quantitative estimate of drug-likeness (QED) is 0.148. The van der Waals surface area contributed by atoms with Crippen molar-refractivity contribution in [3.05, 3.63) is 178 Å². The van der Waals surface area contributed by atoms with Gasteiger partial charge in [-0.25, -0.2) is 0 Å². The van der Waals surface area contributed by atoms with Crippen LogP contribution in [0.5, 0.6) is 0 Å². The van der Waals surface area contributed by atoms with Gasteiger partial charge >= 0.3 is 0 Å². The lowest BCUT2D eigenvalue weighted by Gasteiger charge is -2.43. The minimum atomic E-state index is -0.0255. The van der Waals surface area contributed by atoms with Crippen LogP contribution < -0.4 is 25.5 Å². The smallest absolute Gasteiger partial charge is 0.267 e. The number of aryl methyl sites for hydroxylation is 2. The van der Waals surface area contributed by atoms with Gasteiger partial charge < -0.3 is 4.90 Å². The topological polar surface area (TPSA) is 11.4 Å². The van der Waals surface area contributed by atoms with Crippen LogP contribution in [0, 0.1) is 13.8 Å². The number of hydrogen-bond donors (Lipinski definition) is 0. The molecule has 0 aliphatic carbocycles. The molecule has 352 valence electrons. The lowest BCUT2D eigenvalue weighted by molar-refractivity contribution is 0.590. The van der Waals surface area contributed by atoms with Crippen LogP contribution in [-0.4, -0.2) is 11.3 Å². The predicted molar refractivity (Wildman–Crippen MR) is 307 cm³/mol. The fourth-order valence-electron chi connectivity index (χ4n) is 11.6. The van der Waals surface area contributed by atoms with E-state index in [2.05, 4.69) is 251 Å². The molecule has 0 spiro atoms. The summed E-state index contributed by atoms with van der Waals surface area (Å²) in [7, 11) is 0. The molecule has 7 aromatic carbocycles. The number of anilines is 6. The average molecular weight is 934 g/mol. The molecule has 70 heavy (non-hydrogen) atoms. The van der Waals surface area contributed by atoms with Crippen molar-refractivity contribution in [2.45, 2.75) is 126 Å². The number of nitrogens with zero attached hydrogens (tertiary/aromatic N) is 3. The van der Waals surface area contributed by atoms with Crippen LogP contribution >= 0.6 is 11.3 Å². The molecule has 9 aromatic rings. The normalized spacial score (nSPS) is 13.6. The molecule has 0 atom stereocenters. The fourth-order valence-corrected chi connectivity index (χ4v) is 12.9. The molecule has 5 heteroatoms. The van der Waals surface area contributed by atoms with Crippen LogP contribution in [0.1, 0.15) is 140 Å². The summed E-state index contributed by atoms with van der Waals surface area (Å²) in [6.07, 6.45) is 0. The highest BCUT2D eigenvalue weighted by Gasteiger charge is 2.48. The van der Waals surface area contributed by atoms with Crippen LogP contribution in [0.2, 0.25) is 0 Å². The highest BCUT2D eigenvalue weighted by Crippen LogP contribution is 2.52. The van der Waals surface area contributed by atoms with Crippen molar-refractivity contribution in [1.29, 1.82) is 0 Å². The Balaban J connectivity index is 1.32. The van der Waals surface area contributed by atoms with E-state index in [4.69, 9.17) is 0 Å². The zero-order chi connectivity index (χ0) is 49.3. The summed E-state index contributed by atoms with van der Waals surface area (Å²) >= 11 is 2.00. The first kappa shape index (κ1) is 46.1. The third kappa shape index (κ3) is 7.28. The Bertz CT molecular complexity index is 3490. The summed E-state index contributed by atoms with van der Waals surface area (Å²) in [6.45, 7) is 32.8. The summed E-state index contributed by atoms with van der Waals surface area (Å²) in [6, 6.07) is 54.1. The molecular weight excluding hydrogens is 866 g/mol. The molecule has 0 fully saturated rings. The number of thiophene rings is 1. The minimum Gasteiger partial charge on any atom is -0.310 e. The molecule has 4 heterocycles. The first-order valence-electron chi connectivity index (χ1n) is 25.7. The number of rotatable bonds is 7. The van der Waals surface area contributed by atoms with E-state index in [9.17, 15) is 0 Å². The molecule has 0 saturated heterocycles. The molecule has 0 amide bonds. The second-order valence-corrected chi connectivity index (χ2v) is 24.4. The van der Waals surface area contributed by atoms with E-state index in [0.717, 1.165) is 0 Å². The highest BCUT2D eigenvalue weighted by molar-refractivity contribution is 7.34. The first-order chi connectivity index (χ1) is 33.3. The number of hydrogen-bond acceptors (Lipinski definition) is 3. The summed E-state index contributed by atoms with van der Waals surface area (Å²) in [5.74, 6) is 2.25. The van der Waals surface area contributed by atoms with Crippen molar-refractivity contribution >= 4 is 89.0 Å². The van der Waals surface area contributed by atoms with Crippen LogP contribution in [0.4, 0.5) is 34.3 Å². The van der Waals surface area contributed by atoms with Gasteiger partial charge in [-0.2, -0.15) is 0 Å². The number of para-hydroxylation sites is 1. The van der Waals surface area contributed by atoms with E-state index in [1.165, 1.54) is 127 Å². The van der Waals surface area contributed by atoms with Gasteiger partial charge in [-0.15, -0.1) is 11.3 Å². The van der Waals surface area contributed by atoms with Gasteiger partial charge in [-0.3, -0.25) is 9.47 Å². The number of aromatic nitrogens is 1. The van der Waals surface area contributed by atoms with Crippen LogP contribution in [0.15, 0.2) is 140 Å². The van der Waals surface area contributed by atoms with E-state index in [0.29, 0.717) is 17.8 Å². The van der Waals surface area contributed by atoms with Gasteiger partial charge in [-0.1, -0.05) is 168 Å². The molecule has 2 aliphatic heterocycles. The molecule has 0 saturated carbocycles. The molecule has 0 radical (unpaired) electrons. The van der Waals surface area contributed by atoms with Crippen molar-refractivity contribution in [2.75, 3.05) is 9.80 Å². The maximum absolute atomic E-state index is 2.72. The minimum absolute atomic E-state index is 0.00819. The number of benzene rings is 7. The largest absolute Gasteiger partial charge is 0.310 e. The molecule has 0 unspecified atom stereocenters. The maximum Gasteiger partial charge on any atom is 0.267 e. The van der Waals surface area contributed by atoms with Crippen molar-refractivity contribution < 1.29 is 0 Å². The maximum atomic E-state index is 2.72. The van der Waals surface area contributed by atoms with Gasteiger partial charge in [0, 0.05) is 31.9 Å². The Labute approximate surface area is 421 Å². The second-order valence-electron chi connectivity index (χ2n) is 23.4. The van der Waals surface area contributed by atoms with Crippen molar-refractivity contribution in [2.24, 2.45) is 0 Å². The zero-order valence-corrected chi connectivity index (χ0v) is 44.7. The van der Waals surface area contributed by atoms with E-state index < -0.39 is 0 Å². The second kappa shape index (κ2) is 16.7. The molecule has 2 aliphatic rings. The molecule has 3 nitrogen and oxygen atoms in total. The Morgan fingerprint density at radius 3 is 1.73 bits per heavy atom. The monoisotopic (exact) mass is 934 g/mol. The Morgan fingerprint density at radius 1 is 0.500 bits per heavy atom. The molecule has 11 rings (SSSR count). The molecule has 0 bridgehead atoms. The van der Waals surface area contributed by atoms with E-state index in [1.807, 2.05) is 11.3 Å². The van der Waals surface area contributed by atoms with Crippen molar-refractivity contribution in [1.82, 2.24) is 4.57 Å². The van der Waals surface area contributed by atoms with Gasteiger partial charge in [-0.05, 0) is 163 Å². The standard InChI is InChI=1S/C65H68BN3S/c1-38(2)45-35-50(39(3)4)60(51(36-45)40(5)6)69-54-23-19-18-22-49(54)58-63(69)68(53-30-24-44(34-42(53)8)43-20-16-15-17-21-43)56-33-41(7)32-55-59(56)66(58)62-61(52-37-47(65(12,13)14)27-31-57(52)70-62)67(55)48-28-25-46(26-29-48)64(9,10)11/h15-40H,1-14H3. The lowest BCUT2D eigenvalue weighted by Crippen LogP contribution is -2.60. The summed E-state index contributed by atoms with van der Waals surface area (Å²) in [5, 5.41) is 2.64. The molecule has 0 N–H and O–H groups in total.